The molecule has 0 bridgehead atoms. The number of carbonyl (C=O) groups is 1. The van der Waals surface area contributed by atoms with Gasteiger partial charge in [-0.05, 0) is 46.9 Å². The molecule has 0 fully saturated rings. The molecule has 0 aliphatic rings. The normalized spacial score (nSPS) is 11.5. The highest BCUT2D eigenvalue weighted by Crippen LogP contribution is 2.12. The quantitative estimate of drug-likeness (QED) is 0.630. The summed E-state index contributed by atoms with van der Waals surface area (Å²) in [6.07, 6.45) is 0. The molecule has 0 aliphatic carbocycles. The third kappa shape index (κ3) is 3.76. The highest BCUT2D eigenvalue weighted by atomic mass is 127. The molecule has 0 heterocycles. The highest BCUT2D eigenvalue weighted by Gasteiger charge is 2.21. The molecule has 0 saturated carbocycles. The molecule has 8 heteroatoms. The molecule has 0 spiro atoms. The summed E-state index contributed by atoms with van der Waals surface area (Å²) in [5.74, 6) is -0.970. The standard InChI is InChI=1S/C8H6Cl2INO3S/c9-7(10)8(13)12-16(14,15)6-3-1-5(11)2-4-6/h1-4,7H,(H,12,13). The molecule has 4 nitrogen and oxygen atoms in total. The van der Waals surface area contributed by atoms with Gasteiger partial charge in [0, 0.05) is 3.57 Å². The SMILES string of the molecule is O=C(NS(=O)(=O)c1ccc(I)cc1)C(Cl)Cl. The molecular weight excluding hydrogens is 388 g/mol. The molecule has 0 radical (unpaired) electrons. The summed E-state index contributed by atoms with van der Waals surface area (Å²) in [7, 11) is -3.89. The molecule has 0 unspecified atom stereocenters. The molecule has 0 aliphatic heterocycles. The topological polar surface area (TPSA) is 63.2 Å². The van der Waals surface area contributed by atoms with E-state index < -0.39 is 20.8 Å². The van der Waals surface area contributed by atoms with Gasteiger partial charge in [-0.15, -0.1) is 0 Å². The molecule has 1 amide bonds. The molecule has 88 valence electrons. The fourth-order valence-corrected chi connectivity index (χ4v) is 2.44. The van der Waals surface area contributed by atoms with Crippen molar-refractivity contribution in [2.75, 3.05) is 0 Å². The van der Waals surface area contributed by atoms with Crippen LogP contribution >= 0.6 is 45.8 Å². The van der Waals surface area contributed by atoms with Crippen molar-refractivity contribution in [1.82, 2.24) is 4.72 Å². The van der Waals surface area contributed by atoms with Crippen LogP contribution in [0.1, 0.15) is 0 Å². The lowest BCUT2D eigenvalue weighted by Gasteiger charge is -2.06. The number of benzene rings is 1. The number of nitrogens with one attached hydrogen (secondary N) is 1. The van der Waals surface area contributed by atoms with Crippen molar-refractivity contribution in [3.8, 4) is 0 Å². The van der Waals surface area contributed by atoms with Crippen LogP contribution in [0.25, 0.3) is 0 Å². The van der Waals surface area contributed by atoms with E-state index in [9.17, 15) is 13.2 Å². The minimum atomic E-state index is -3.89. The largest absolute Gasteiger partial charge is 0.271 e. The van der Waals surface area contributed by atoms with Crippen LogP contribution < -0.4 is 4.72 Å². The van der Waals surface area contributed by atoms with Gasteiger partial charge in [-0.25, -0.2) is 13.1 Å². The number of hydrogen-bond acceptors (Lipinski definition) is 3. The number of hydrogen-bond donors (Lipinski definition) is 1. The summed E-state index contributed by atoms with van der Waals surface area (Å²) in [4.78, 5) is 9.61. The number of rotatable bonds is 3. The van der Waals surface area contributed by atoms with Gasteiger partial charge in [0.2, 0.25) is 0 Å². The van der Waals surface area contributed by atoms with Gasteiger partial charge in [-0.1, -0.05) is 23.2 Å². The monoisotopic (exact) mass is 393 g/mol. The van der Waals surface area contributed by atoms with E-state index in [0.29, 0.717) is 0 Å². The Morgan fingerprint density at radius 2 is 1.75 bits per heavy atom. The van der Waals surface area contributed by atoms with Gasteiger partial charge in [0.25, 0.3) is 15.9 Å². The van der Waals surface area contributed by atoms with Crippen molar-refractivity contribution < 1.29 is 13.2 Å². The number of sulfonamides is 1. The van der Waals surface area contributed by atoms with Crippen molar-refractivity contribution in [2.45, 2.75) is 9.73 Å². The van der Waals surface area contributed by atoms with E-state index >= 15 is 0 Å². The van der Waals surface area contributed by atoms with E-state index in [2.05, 4.69) is 0 Å². The van der Waals surface area contributed by atoms with Crippen LogP contribution in [0.3, 0.4) is 0 Å². The molecule has 1 rings (SSSR count). The molecular formula is C8H6Cl2INO3S. The summed E-state index contributed by atoms with van der Waals surface area (Å²) in [5.41, 5.74) is 0. The van der Waals surface area contributed by atoms with Crippen LogP contribution in [-0.2, 0) is 14.8 Å². The second kappa shape index (κ2) is 5.52. The Bertz CT molecular complexity index is 487. The van der Waals surface area contributed by atoms with Crippen LogP contribution in [0, 0.1) is 3.57 Å². The van der Waals surface area contributed by atoms with E-state index in [1.54, 1.807) is 16.9 Å². The van der Waals surface area contributed by atoms with E-state index in [4.69, 9.17) is 23.2 Å². The average molecular weight is 394 g/mol. The number of alkyl halides is 2. The molecule has 16 heavy (non-hydrogen) atoms. The summed E-state index contributed by atoms with van der Waals surface area (Å²) < 4.78 is 25.9. The van der Waals surface area contributed by atoms with E-state index in [1.807, 2.05) is 22.6 Å². The summed E-state index contributed by atoms with van der Waals surface area (Å²) in [6, 6.07) is 5.99. The Balaban J connectivity index is 2.95. The summed E-state index contributed by atoms with van der Waals surface area (Å²) in [5, 5.41) is 0. The third-order valence-electron chi connectivity index (χ3n) is 1.56. The molecule has 0 atom stereocenters. The van der Waals surface area contributed by atoms with Crippen LogP contribution in [-0.4, -0.2) is 19.2 Å². The molecule has 1 N–H and O–H groups in total. The first-order valence-electron chi connectivity index (χ1n) is 3.93. The lowest BCUT2D eigenvalue weighted by Crippen LogP contribution is -2.34. The first kappa shape index (κ1) is 14.0. The van der Waals surface area contributed by atoms with Crippen LogP contribution in [0.15, 0.2) is 29.2 Å². The van der Waals surface area contributed by atoms with Gasteiger partial charge in [-0.2, -0.15) is 0 Å². The molecule has 0 aromatic heterocycles. The van der Waals surface area contributed by atoms with Gasteiger partial charge in [-0.3, -0.25) is 4.79 Å². The van der Waals surface area contributed by atoms with Gasteiger partial charge < -0.3 is 0 Å². The van der Waals surface area contributed by atoms with Crippen molar-refractivity contribution in [3.05, 3.63) is 27.8 Å². The first-order valence-corrected chi connectivity index (χ1v) is 7.37. The van der Waals surface area contributed by atoms with Crippen LogP contribution in [0.2, 0.25) is 0 Å². The van der Waals surface area contributed by atoms with Crippen LogP contribution in [0.4, 0.5) is 0 Å². The van der Waals surface area contributed by atoms with Crippen molar-refractivity contribution in [1.29, 1.82) is 0 Å². The van der Waals surface area contributed by atoms with Gasteiger partial charge >= 0.3 is 0 Å². The zero-order valence-corrected chi connectivity index (χ0v) is 12.1. The second-order valence-electron chi connectivity index (χ2n) is 2.72. The molecule has 1 aromatic carbocycles. The maximum absolute atomic E-state index is 11.6. The number of halogens is 3. The highest BCUT2D eigenvalue weighted by molar-refractivity contribution is 14.1. The number of amides is 1. The predicted molar refractivity (Wildman–Crippen MR) is 70.0 cm³/mol. The lowest BCUT2D eigenvalue weighted by atomic mass is 10.4. The van der Waals surface area contributed by atoms with Gasteiger partial charge in [0.15, 0.2) is 4.84 Å². The Morgan fingerprint density at radius 1 is 1.25 bits per heavy atom. The molecule has 1 aromatic rings. The zero-order valence-electron chi connectivity index (χ0n) is 7.65. The maximum atomic E-state index is 11.6. The zero-order chi connectivity index (χ0) is 12.3. The van der Waals surface area contributed by atoms with Gasteiger partial charge in [0.1, 0.15) is 0 Å². The lowest BCUT2D eigenvalue weighted by molar-refractivity contribution is -0.117. The minimum absolute atomic E-state index is 0.0183. The van der Waals surface area contributed by atoms with Gasteiger partial charge in [0.05, 0.1) is 4.90 Å². The second-order valence-corrected chi connectivity index (χ2v) is 6.75. The van der Waals surface area contributed by atoms with E-state index in [-0.39, 0.29) is 4.90 Å². The van der Waals surface area contributed by atoms with E-state index in [0.717, 1.165) is 3.57 Å². The Labute approximate surface area is 117 Å². The summed E-state index contributed by atoms with van der Waals surface area (Å²) >= 11 is 12.5. The van der Waals surface area contributed by atoms with Crippen molar-refractivity contribution in [2.24, 2.45) is 0 Å². The third-order valence-corrected chi connectivity index (χ3v) is 4.04. The number of carbonyl (C=O) groups excluding carboxylic acids is 1. The average Bonchev–Trinajstić information content (AvgIpc) is 2.17. The fraction of sp³-hybridized carbons (Fsp3) is 0.125. The predicted octanol–water partition coefficient (Wildman–Crippen LogP) is 1.90. The summed E-state index contributed by atoms with van der Waals surface area (Å²) in [6.45, 7) is 0. The maximum Gasteiger partial charge on any atom is 0.266 e. The Kier molecular flexibility index (Phi) is 4.84. The minimum Gasteiger partial charge on any atom is -0.271 e. The van der Waals surface area contributed by atoms with Crippen molar-refractivity contribution in [3.63, 3.8) is 0 Å². The van der Waals surface area contributed by atoms with Crippen LogP contribution in [0.5, 0.6) is 0 Å². The Morgan fingerprint density at radius 3 is 2.19 bits per heavy atom. The van der Waals surface area contributed by atoms with Crippen molar-refractivity contribution >= 4 is 61.7 Å². The first-order chi connectivity index (χ1) is 7.33. The fourth-order valence-electron chi connectivity index (χ4n) is 0.850. The van der Waals surface area contributed by atoms with E-state index in [1.165, 1.54) is 12.1 Å². The smallest absolute Gasteiger partial charge is 0.266 e. The Hall–Kier alpha value is -0.0500. The molecule has 0 saturated heterocycles.